The van der Waals surface area contributed by atoms with Gasteiger partial charge in [0.2, 0.25) is 5.67 Å². The Labute approximate surface area is 231 Å². The first-order valence-corrected chi connectivity index (χ1v) is 15.2. The fraction of sp³-hybridized carbons (Fsp3) is 0.259. The van der Waals surface area contributed by atoms with Crippen molar-refractivity contribution < 1.29 is 35.6 Å². The summed E-state index contributed by atoms with van der Waals surface area (Å²) in [7, 11) is -9.57. The Morgan fingerprint density at radius 2 is 1.41 bits per heavy atom. The van der Waals surface area contributed by atoms with Crippen LogP contribution in [0.15, 0.2) is 88.7 Å². The summed E-state index contributed by atoms with van der Waals surface area (Å²) in [6.45, 7) is 4.64. The van der Waals surface area contributed by atoms with Gasteiger partial charge >= 0.3 is 6.09 Å². The van der Waals surface area contributed by atoms with Crippen LogP contribution >= 0.6 is 11.6 Å². The summed E-state index contributed by atoms with van der Waals surface area (Å²) in [6, 6.07) is 17.0. The second-order valence-corrected chi connectivity index (χ2v) is 14.9. The summed E-state index contributed by atoms with van der Waals surface area (Å²) < 4.78 is 75.1. The molecule has 0 aliphatic carbocycles. The maximum Gasteiger partial charge on any atom is 0.421 e. The predicted molar refractivity (Wildman–Crippen MR) is 144 cm³/mol. The van der Waals surface area contributed by atoms with E-state index in [9.17, 15) is 26.4 Å². The van der Waals surface area contributed by atoms with Gasteiger partial charge in [-0.3, -0.25) is 4.79 Å². The summed E-state index contributed by atoms with van der Waals surface area (Å²) in [6.07, 6.45) is -2.54. The van der Waals surface area contributed by atoms with Crippen molar-refractivity contribution >= 4 is 49.0 Å². The molecule has 0 bridgehead atoms. The van der Waals surface area contributed by atoms with Crippen LogP contribution < -0.4 is 4.90 Å². The van der Waals surface area contributed by atoms with E-state index in [0.29, 0.717) is 4.90 Å². The van der Waals surface area contributed by atoms with Crippen LogP contribution in [0.25, 0.3) is 0 Å². The standard InChI is InChI=1S/C27H25ClFNO7S2/c1-26(2,3)37-25(32)30-22-15-14-18(28)16-21(22)27(29,24(30)31)17-23(38(33,34)19-10-6-4-7-11-19)39(35,36)20-12-8-5-9-13-20/h4-16,23H,17H2,1-3H3/t27-/m0/s1. The molecule has 1 atom stereocenters. The van der Waals surface area contributed by atoms with Gasteiger partial charge in [0.25, 0.3) is 5.91 Å². The smallest absolute Gasteiger partial charge is 0.421 e. The molecule has 3 aromatic carbocycles. The molecule has 3 aromatic rings. The lowest BCUT2D eigenvalue weighted by molar-refractivity contribution is -0.129. The fourth-order valence-electron chi connectivity index (χ4n) is 4.25. The summed E-state index contributed by atoms with van der Waals surface area (Å²) in [4.78, 5) is 26.3. The Morgan fingerprint density at radius 3 is 1.87 bits per heavy atom. The van der Waals surface area contributed by atoms with Gasteiger partial charge in [0.1, 0.15) is 5.60 Å². The van der Waals surface area contributed by atoms with E-state index in [1.54, 1.807) is 20.8 Å². The van der Waals surface area contributed by atoms with Crippen molar-refractivity contribution in [2.45, 2.75) is 52.8 Å². The number of anilines is 1. The predicted octanol–water partition coefficient (Wildman–Crippen LogP) is 5.45. The molecule has 1 aliphatic rings. The number of sulfone groups is 2. The molecule has 1 aliphatic heterocycles. The lowest BCUT2D eigenvalue weighted by Gasteiger charge is -2.27. The van der Waals surface area contributed by atoms with Gasteiger partial charge in [0.15, 0.2) is 24.3 Å². The molecule has 0 aromatic heterocycles. The average Bonchev–Trinajstić information content (AvgIpc) is 3.08. The topological polar surface area (TPSA) is 115 Å². The monoisotopic (exact) mass is 593 g/mol. The highest BCUT2D eigenvalue weighted by molar-refractivity contribution is 8.09. The number of alkyl halides is 1. The zero-order valence-corrected chi connectivity index (χ0v) is 23.6. The first kappa shape index (κ1) is 28.7. The number of fused-ring (bicyclic) bond motifs is 1. The SMILES string of the molecule is CC(C)(C)OC(=O)N1C(=O)[C@](F)(CC(S(=O)(=O)c2ccccc2)S(=O)(=O)c2ccccc2)c2cc(Cl)ccc21. The number of imide groups is 1. The van der Waals surface area contributed by atoms with Gasteiger partial charge in [0.05, 0.1) is 15.5 Å². The molecule has 206 valence electrons. The van der Waals surface area contributed by atoms with Crippen molar-refractivity contribution in [2.24, 2.45) is 0 Å². The molecular weight excluding hydrogens is 569 g/mol. The molecule has 1 heterocycles. The summed E-state index contributed by atoms with van der Waals surface area (Å²) >= 11 is 6.09. The highest BCUT2D eigenvalue weighted by Gasteiger charge is 2.59. The minimum Gasteiger partial charge on any atom is -0.443 e. The lowest BCUT2D eigenvalue weighted by Crippen LogP contribution is -2.46. The molecule has 0 N–H and O–H groups in total. The first-order valence-electron chi connectivity index (χ1n) is 11.7. The molecule has 4 rings (SSSR count). The Bertz CT molecular complexity index is 1570. The van der Waals surface area contributed by atoms with E-state index < -0.39 is 59.5 Å². The van der Waals surface area contributed by atoms with Gasteiger partial charge in [-0.25, -0.2) is 30.9 Å². The van der Waals surface area contributed by atoms with Crippen LogP contribution in [-0.2, 0) is 34.9 Å². The van der Waals surface area contributed by atoms with Gasteiger partial charge in [-0.05, 0) is 63.2 Å². The van der Waals surface area contributed by atoms with E-state index >= 15 is 4.39 Å². The van der Waals surface area contributed by atoms with E-state index in [1.165, 1.54) is 72.8 Å². The van der Waals surface area contributed by atoms with Crippen molar-refractivity contribution in [3.63, 3.8) is 0 Å². The van der Waals surface area contributed by atoms with Crippen LogP contribution in [0.4, 0.5) is 14.9 Å². The summed E-state index contributed by atoms with van der Waals surface area (Å²) in [5.41, 5.74) is -4.98. The number of ether oxygens (including phenoxy) is 1. The number of amides is 2. The van der Waals surface area contributed by atoms with Gasteiger partial charge in [0, 0.05) is 17.0 Å². The van der Waals surface area contributed by atoms with Gasteiger partial charge in [-0.15, -0.1) is 0 Å². The average molecular weight is 594 g/mol. The zero-order chi connectivity index (χ0) is 28.8. The maximum absolute atomic E-state index is 17.1. The molecule has 0 fully saturated rings. The number of rotatable bonds is 6. The molecule has 39 heavy (non-hydrogen) atoms. The zero-order valence-electron chi connectivity index (χ0n) is 21.2. The van der Waals surface area contributed by atoms with Gasteiger partial charge < -0.3 is 4.74 Å². The number of hydrogen-bond acceptors (Lipinski definition) is 7. The van der Waals surface area contributed by atoms with Crippen LogP contribution in [0, 0.1) is 0 Å². The quantitative estimate of drug-likeness (QED) is 0.373. The molecule has 0 spiro atoms. The van der Waals surface area contributed by atoms with E-state index in [1.807, 2.05) is 0 Å². The molecular formula is C27H25ClFNO7S2. The Kier molecular flexibility index (Phi) is 7.39. The van der Waals surface area contributed by atoms with Crippen LogP contribution in [0.5, 0.6) is 0 Å². The lowest BCUT2D eigenvalue weighted by atomic mass is 9.94. The highest BCUT2D eigenvalue weighted by Crippen LogP contribution is 2.49. The minimum absolute atomic E-state index is 0.0111. The maximum atomic E-state index is 17.1. The molecule has 0 radical (unpaired) electrons. The van der Waals surface area contributed by atoms with E-state index in [4.69, 9.17) is 16.3 Å². The number of carbonyl (C=O) groups is 2. The molecule has 12 heteroatoms. The van der Waals surface area contributed by atoms with Crippen LogP contribution in [0.1, 0.15) is 32.8 Å². The summed E-state index contributed by atoms with van der Waals surface area (Å²) in [5.74, 6) is -1.48. The normalized spacial score (nSPS) is 17.8. The number of nitrogens with zero attached hydrogens (tertiary/aromatic N) is 1. The van der Waals surface area contributed by atoms with Gasteiger partial charge in [-0.1, -0.05) is 48.0 Å². The molecule has 0 unspecified atom stereocenters. The second-order valence-electron chi connectivity index (χ2n) is 9.93. The van der Waals surface area contributed by atoms with E-state index in [-0.39, 0.29) is 20.5 Å². The Hall–Kier alpha value is -3.28. The van der Waals surface area contributed by atoms with Crippen molar-refractivity contribution in [3.8, 4) is 0 Å². The van der Waals surface area contributed by atoms with Crippen LogP contribution in [0.3, 0.4) is 0 Å². The number of benzene rings is 3. The Balaban J connectivity index is 1.91. The third-order valence-electron chi connectivity index (χ3n) is 6.03. The third-order valence-corrected chi connectivity index (χ3v) is 11.4. The van der Waals surface area contributed by atoms with Crippen molar-refractivity contribution in [1.82, 2.24) is 0 Å². The molecule has 8 nitrogen and oxygen atoms in total. The third kappa shape index (κ3) is 5.30. The highest BCUT2D eigenvalue weighted by atomic mass is 35.5. The number of carbonyl (C=O) groups excluding carboxylic acids is 2. The first-order chi connectivity index (χ1) is 18.1. The van der Waals surface area contributed by atoms with Crippen molar-refractivity contribution in [3.05, 3.63) is 89.4 Å². The number of halogens is 2. The number of hydrogen-bond donors (Lipinski definition) is 0. The summed E-state index contributed by atoms with van der Waals surface area (Å²) in [5, 5.41) is -0.0111. The molecule has 0 saturated heterocycles. The fourth-order valence-corrected chi connectivity index (χ4v) is 9.00. The Morgan fingerprint density at radius 1 is 0.923 bits per heavy atom. The largest absolute Gasteiger partial charge is 0.443 e. The van der Waals surface area contributed by atoms with Crippen LogP contribution in [0.2, 0.25) is 5.02 Å². The van der Waals surface area contributed by atoms with E-state index in [2.05, 4.69) is 0 Å². The molecule has 0 saturated carbocycles. The van der Waals surface area contributed by atoms with E-state index in [0.717, 1.165) is 6.07 Å². The minimum atomic E-state index is -4.78. The van der Waals surface area contributed by atoms with Gasteiger partial charge in [-0.2, -0.15) is 0 Å². The van der Waals surface area contributed by atoms with Crippen LogP contribution in [-0.4, -0.2) is 39.0 Å². The van der Waals surface area contributed by atoms with Crippen molar-refractivity contribution in [2.75, 3.05) is 4.90 Å². The molecule has 2 amide bonds. The second kappa shape index (κ2) is 10.0. The van der Waals surface area contributed by atoms with Crippen molar-refractivity contribution in [1.29, 1.82) is 0 Å².